The second-order valence-electron chi connectivity index (χ2n) is 6.45. The Balaban J connectivity index is 1.39. The van der Waals surface area contributed by atoms with E-state index in [-0.39, 0.29) is 12.5 Å². The summed E-state index contributed by atoms with van der Waals surface area (Å²) >= 11 is 1.69. The first-order valence-electron chi connectivity index (χ1n) is 8.87. The van der Waals surface area contributed by atoms with E-state index in [1.54, 1.807) is 24.5 Å². The Kier molecular flexibility index (Phi) is 6.85. The van der Waals surface area contributed by atoms with Crippen molar-refractivity contribution >= 4 is 17.2 Å². The SMILES string of the molecule is COc1ccccc1OCC(=O)NCC1CCCN(Cc2cncs2)C1. The van der Waals surface area contributed by atoms with E-state index in [1.165, 1.54) is 4.88 Å². The van der Waals surface area contributed by atoms with Crippen molar-refractivity contribution in [1.82, 2.24) is 15.2 Å². The maximum absolute atomic E-state index is 12.1. The van der Waals surface area contributed by atoms with Gasteiger partial charge in [0.2, 0.25) is 0 Å². The van der Waals surface area contributed by atoms with Crippen molar-refractivity contribution < 1.29 is 14.3 Å². The molecule has 1 saturated heterocycles. The van der Waals surface area contributed by atoms with Gasteiger partial charge in [-0.2, -0.15) is 0 Å². The summed E-state index contributed by atoms with van der Waals surface area (Å²) in [7, 11) is 1.59. The van der Waals surface area contributed by atoms with Crippen LogP contribution in [0.15, 0.2) is 36.0 Å². The van der Waals surface area contributed by atoms with Crippen LogP contribution in [0.4, 0.5) is 0 Å². The Morgan fingerprint density at radius 3 is 3.00 bits per heavy atom. The molecule has 1 atom stereocenters. The summed E-state index contributed by atoms with van der Waals surface area (Å²) in [6.45, 7) is 3.75. The molecule has 1 aliphatic rings. The predicted octanol–water partition coefficient (Wildman–Crippen LogP) is 2.56. The molecule has 1 aromatic heterocycles. The Labute approximate surface area is 158 Å². The summed E-state index contributed by atoms with van der Waals surface area (Å²) in [5.41, 5.74) is 1.87. The maximum atomic E-state index is 12.1. The number of hydrogen-bond acceptors (Lipinski definition) is 6. The van der Waals surface area contributed by atoms with Crippen molar-refractivity contribution in [3.8, 4) is 11.5 Å². The maximum Gasteiger partial charge on any atom is 0.257 e. The third-order valence-electron chi connectivity index (χ3n) is 4.48. The van der Waals surface area contributed by atoms with Crippen LogP contribution in [-0.2, 0) is 11.3 Å². The Hall–Kier alpha value is -2.12. The number of benzene rings is 1. The highest BCUT2D eigenvalue weighted by atomic mass is 32.1. The third-order valence-corrected chi connectivity index (χ3v) is 5.25. The van der Waals surface area contributed by atoms with Crippen LogP contribution in [0.3, 0.4) is 0 Å². The first-order valence-corrected chi connectivity index (χ1v) is 9.75. The molecule has 7 heteroatoms. The lowest BCUT2D eigenvalue weighted by atomic mass is 9.98. The molecule has 0 saturated carbocycles. The Morgan fingerprint density at radius 1 is 1.38 bits per heavy atom. The minimum Gasteiger partial charge on any atom is -0.493 e. The zero-order valence-corrected chi connectivity index (χ0v) is 15.8. The van der Waals surface area contributed by atoms with Crippen molar-refractivity contribution in [3.05, 3.63) is 40.8 Å². The topological polar surface area (TPSA) is 63.7 Å². The molecule has 1 fully saturated rings. The van der Waals surface area contributed by atoms with Crippen molar-refractivity contribution in [1.29, 1.82) is 0 Å². The number of rotatable bonds is 8. The van der Waals surface area contributed by atoms with Gasteiger partial charge in [-0.05, 0) is 37.4 Å². The summed E-state index contributed by atoms with van der Waals surface area (Å²) in [6, 6.07) is 7.33. The van der Waals surface area contributed by atoms with Gasteiger partial charge in [0.15, 0.2) is 18.1 Å². The van der Waals surface area contributed by atoms with Crippen molar-refractivity contribution in [2.45, 2.75) is 19.4 Å². The lowest BCUT2D eigenvalue weighted by Gasteiger charge is -2.32. The van der Waals surface area contributed by atoms with Gasteiger partial charge < -0.3 is 14.8 Å². The molecular weight excluding hydrogens is 350 g/mol. The van der Waals surface area contributed by atoms with E-state index in [1.807, 2.05) is 29.9 Å². The van der Waals surface area contributed by atoms with Gasteiger partial charge in [0, 0.05) is 30.7 Å². The highest BCUT2D eigenvalue weighted by Crippen LogP contribution is 2.25. The van der Waals surface area contributed by atoms with Crippen LogP contribution in [0.5, 0.6) is 11.5 Å². The first kappa shape index (κ1) is 18.7. The molecule has 1 aromatic carbocycles. The van der Waals surface area contributed by atoms with Gasteiger partial charge in [-0.3, -0.25) is 14.7 Å². The lowest BCUT2D eigenvalue weighted by Crippen LogP contribution is -2.41. The molecule has 1 unspecified atom stereocenters. The second kappa shape index (κ2) is 9.54. The zero-order valence-electron chi connectivity index (χ0n) is 15.0. The second-order valence-corrected chi connectivity index (χ2v) is 7.43. The van der Waals surface area contributed by atoms with Gasteiger partial charge in [0.25, 0.3) is 5.91 Å². The fourth-order valence-electron chi connectivity index (χ4n) is 3.19. The number of thiazole rings is 1. The number of methoxy groups -OCH3 is 1. The van der Waals surface area contributed by atoms with E-state index in [9.17, 15) is 4.79 Å². The van der Waals surface area contributed by atoms with E-state index in [2.05, 4.69) is 15.2 Å². The largest absolute Gasteiger partial charge is 0.493 e. The Bertz CT molecular complexity index is 693. The number of ether oxygens (including phenoxy) is 2. The molecular formula is C19H25N3O3S. The fourth-order valence-corrected chi connectivity index (χ4v) is 3.83. The van der Waals surface area contributed by atoms with Crippen LogP contribution in [0.25, 0.3) is 0 Å². The van der Waals surface area contributed by atoms with Crippen LogP contribution in [0, 0.1) is 5.92 Å². The van der Waals surface area contributed by atoms with Gasteiger partial charge in [0.05, 0.1) is 12.6 Å². The summed E-state index contributed by atoms with van der Waals surface area (Å²) in [4.78, 5) is 20.0. The fraction of sp³-hybridized carbons (Fsp3) is 0.474. The van der Waals surface area contributed by atoms with E-state index in [4.69, 9.17) is 9.47 Å². The number of carbonyl (C=O) groups excluding carboxylic acids is 1. The zero-order chi connectivity index (χ0) is 18.2. The normalized spacial score (nSPS) is 17.7. The number of amides is 1. The first-order chi connectivity index (χ1) is 12.7. The standard InChI is InChI=1S/C19H25N3O3S/c1-24-17-6-2-3-7-18(17)25-13-19(23)21-9-15-5-4-8-22(11-15)12-16-10-20-14-26-16/h2-3,6-7,10,14-15H,4-5,8-9,11-13H2,1H3,(H,21,23). The van der Waals surface area contributed by atoms with Gasteiger partial charge in [-0.25, -0.2) is 0 Å². The highest BCUT2D eigenvalue weighted by Gasteiger charge is 2.21. The molecule has 0 spiro atoms. The number of para-hydroxylation sites is 2. The summed E-state index contributed by atoms with van der Waals surface area (Å²) < 4.78 is 10.8. The van der Waals surface area contributed by atoms with E-state index in [0.717, 1.165) is 32.5 Å². The van der Waals surface area contributed by atoms with Crippen LogP contribution in [-0.4, -0.2) is 49.1 Å². The molecule has 1 amide bonds. The molecule has 1 aliphatic heterocycles. The number of aromatic nitrogens is 1. The quantitative estimate of drug-likeness (QED) is 0.768. The number of likely N-dealkylation sites (tertiary alicyclic amines) is 1. The number of piperidine rings is 1. The summed E-state index contributed by atoms with van der Waals surface area (Å²) in [5, 5.41) is 3.00. The molecule has 1 N–H and O–H groups in total. The average molecular weight is 375 g/mol. The minimum atomic E-state index is -0.101. The molecule has 0 aliphatic carbocycles. The van der Waals surface area contributed by atoms with Crippen LogP contribution in [0.1, 0.15) is 17.7 Å². The molecule has 0 bridgehead atoms. The molecule has 6 nitrogen and oxygen atoms in total. The monoisotopic (exact) mass is 375 g/mol. The number of nitrogens with zero attached hydrogens (tertiary/aromatic N) is 2. The third kappa shape index (κ3) is 5.44. The van der Waals surface area contributed by atoms with E-state index in [0.29, 0.717) is 24.0 Å². The lowest BCUT2D eigenvalue weighted by molar-refractivity contribution is -0.123. The van der Waals surface area contributed by atoms with E-state index < -0.39 is 0 Å². The van der Waals surface area contributed by atoms with Crippen molar-refractivity contribution in [2.75, 3.05) is 33.4 Å². The van der Waals surface area contributed by atoms with Crippen molar-refractivity contribution in [3.63, 3.8) is 0 Å². The van der Waals surface area contributed by atoms with Crippen LogP contribution >= 0.6 is 11.3 Å². The van der Waals surface area contributed by atoms with Crippen molar-refractivity contribution in [2.24, 2.45) is 5.92 Å². The molecule has 2 aromatic rings. The smallest absolute Gasteiger partial charge is 0.257 e. The molecule has 26 heavy (non-hydrogen) atoms. The van der Waals surface area contributed by atoms with Crippen LogP contribution in [0.2, 0.25) is 0 Å². The number of carbonyl (C=O) groups is 1. The summed E-state index contributed by atoms with van der Waals surface area (Å²) in [5.74, 6) is 1.59. The van der Waals surface area contributed by atoms with Gasteiger partial charge in [-0.15, -0.1) is 11.3 Å². The molecule has 140 valence electrons. The number of nitrogens with one attached hydrogen (secondary N) is 1. The number of hydrogen-bond donors (Lipinski definition) is 1. The molecule has 2 heterocycles. The van der Waals surface area contributed by atoms with E-state index >= 15 is 0 Å². The van der Waals surface area contributed by atoms with Gasteiger partial charge in [0.1, 0.15) is 0 Å². The highest BCUT2D eigenvalue weighted by molar-refractivity contribution is 7.09. The van der Waals surface area contributed by atoms with Crippen LogP contribution < -0.4 is 14.8 Å². The Morgan fingerprint density at radius 2 is 2.23 bits per heavy atom. The van der Waals surface area contributed by atoms with Gasteiger partial charge >= 0.3 is 0 Å². The molecule has 3 rings (SSSR count). The van der Waals surface area contributed by atoms with Gasteiger partial charge in [-0.1, -0.05) is 12.1 Å². The summed E-state index contributed by atoms with van der Waals surface area (Å²) in [6.07, 6.45) is 4.25. The predicted molar refractivity (Wildman–Crippen MR) is 102 cm³/mol. The minimum absolute atomic E-state index is 0.00231. The average Bonchev–Trinajstić information content (AvgIpc) is 3.18. The molecule has 0 radical (unpaired) electrons.